The quantitative estimate of drug-likeness (QED) is 0.767. The molecule has 0 bridgehead atoms. The molecule has 2 heteroatoms. The van der Waals surface area contributed by atoms with Gasteiger partial charge in [0.25, 0.3) is 0 Å². The molecule has 14 heavy (non-hydrogen) atoms. The van der Waals surface area contributed by atoms with E-state index in [0.717, 1.165) is 6.54 Å². The Labute approximate surface area is 84.5 Å². The molecule has 0 aliphatic heterocycles. The molecule has 2 nitrogen and oxygen atoms in total. The van der Waals surface area contributed by atoms with Gasteiger partial charge in [-0.1, -0.05) is 12.1 Å². The fourth-order valence-corrected chi connectivity index (χ4v) is 1.84. The maximum absolute atomic E-state index is 3.35. The maximum Gasteiger partial charge on any atom is 0.0459 e. The molecule has 0 spiro atoms. The fourth-order valence-electron chi connectivity index (χ4n) is 1.84. The molecule has 0 radical (unpaired) electrons. The molecule has 0 aliphatic carbocycles. The van der Waals surface area contributed by atoms with Gasteiger partial charge in [0.05, 0.1) is 0 Å². The second-order valence-corrected chi connectivity index (χ2v) is 4.07. The average Bonchev–Trinajstić information content (AvgIpc) is 2.45. The molecule has 0 aliphatic rings. The highest BCUT2D eigenvalue weighted by atomic mass is 15.0. The molecule has 0 saturated carbocycles. The largest absolute Gasteiger partial charge is 0.359 e. The summed E-state index contributed by atoms with van der Waals surface area (Å²) in [5.41, 5.74) is 3.85. The van der Waals surface area contributed by atoms with Gasteiger partial charge in [-0.3, -0.25) is 0 Å². The van der Waals surface area contributed by atoms with Gasteiger partial charge in [0, 0.05) is 23.1 Å². The summed E-state index contributed by atoms with van der Waals surface area (Å²) in [6, 6.07) is 8.64. The third-order valence-corrected chi connectivity index (χ3v) is 2.38. The molecule has 0 saturated heterocycles. The molecule has 1 aromatic heterocycles. The van der Waals surface area contributed by atoms with Crippen molar-refractivity contribution in [1.29, 1.82) is 0 Å². The number of nitrogens with zero attached hydrogens (tertiary/aromatic N) is 1. The number of hydrogen-bond donors (Lipinski definition) is 1. The number of H-pyrrole nitrogens is 1. The predicted molar refractivity (Wildman–Crippen MR) is 60.4 cm³/mol. The van der Waals surface area contributed by atoms with Crippen molar-refractivity contribution in [2.45, 2.75) is 13.5 Å². The first kappa shape index (κ1) is 9.28. The van der Waals surface area contributed by atoms with Crippen LogP contribution in [0.15, 0.2) is 24.3 Å². The number of fused-ring (bicyclic) bond motifs is 1. The lowest BCUT2D eigenvalue weighted by molar-refractivity contribution is 0.404. The lowest BCUT2D eigenvalue weighted by Crippen LogP contribution is -2.10. The number of benzene rings is 1. The van der Waals surface area contributed by atoms with Crippen LogP contribution >= 0.6 is 0 Å². The van der Waals surface area contributed by atoms with Gasteiger partial charge in [0.15, 0.2) is 0 Å². The second-order valence-electron chi connectivity index (χ2n) is 4.07. The van der Waals surface area contributed by atoms with Crippen LogP contribution in [0.5, 0.6) is 0 Å². The van der Waals surface area contributed by atoms with E-state index in [-0.39, 0.29) is 0 Å². The SMILES string of the molecule is Cc1cc2c(CN(C)C)cccc2[nH]1. The topological polar surface area (TPSA) is 19.0 Å². The van der Waals surface area contributed by atoms with E-state index in [1.54, 1.807) is 0 Å². The van der Waals surface area contributed by atoms with Crippen molar-refractivity contribution < 1.29 is 0 Å². The fraction of sp³-hybridized carbons (Fsp3) is 0.333. The first-order chi connectivity index (χ1) is 6.66. The van der Waals surface area contributed by atoms with Crippen LogP contribution in [0.4, 0.5) is 0 Å². The summed E-state index contributed by atoms with van der Waals surface area (Å²) >= 11 is 0. The lowest BCUT2D eigenvalue weighted by atomic mass is 10.1. The highest BCUT2D eigenvalue weighted by Gasteiger charge is 2.03. The van der Waals surface area contributed by atoms with Gasteiger partial charge < -0.3 is 9.88 Å². The van der Waals surface area contributed by atoms with Crippen molar-refractivity contribution in [3.05, 3.63) is 35.5 Å². The summed E-state index contributed by atoms with van der Waals surface area (Å²) in [6.07, 6.45) is 0. The van der Waals surface area contributed by atoms with E-state index >= 15 is 0 Å². The number of aromatic amines is 1. The van der Waals surface area contributed by atoms with Crippen LogP contribution in [0.3, 0.4) is 0 Å². The van der Waals surface area contributed by atoms with Gasteiger partial charge in [-0.25, -0.2) is 0 Å². The van der Waals surface area contributed by atoms with Gasteiger partial charge in [-0.05, 0) is 38.7 Å². The predicted octanol–water partition coefficient (Wildman–Crippen LogP) is 2.54. The number of rotatable bonds is 2. The third-order valence-electron chi connectivity index (χ3n) is 2.38. The Morgan fingerprint density at radius 3 is 2.79 bits per heavy atom. The summed E-state index contributed by atoms with van der Waals surface area (Å²) in [4.78, 5) is 5.55. The monoisotopic (exact) mass is 188 g/mol. The first-order valence-electron chi connectivity index (χ1n) is 4.89. The smallest absolute Gasteiger partial charge is 0.0459 e. The molecule has 0 unspecified atom stereocenters. The molecular formula is C12H16N2. The molecule has 0 fully saturated rings. The Hall–Kier alpha value is -1.28. The summed E-state index contributed by atoms with van der Waals surface area (Å²) in [5.74, 6) is 0. The molecule has 1 heterocycles. The van der Waals surface area contributed by atoms with Gasteiger partial charge in [-0.2, -0.15) is 0 Å². The van der Waals surface area contributed by atoms with Crippen LogP contribution < -0.4 is 0 Å². The third kappa shape index (κ3) is 1.66. The minimum absolute atomic E-state index is 0.995. The highest BCUT2D eigenvalue weighted by molar-refractivity contribution is 5.83. The van der Waals surface area contributed by atoms with E-state index in [9.17, 15) is 0 Å². The van der Waals surface area contributed by atoms with Gasteiger partial charge >= 0.3 is 0 Å². The van der Waals surface area contributed by atoms with Crippen molar-refractivity contribution >= 4 is 10.9 Å². The zero-order chi connectivity index (χ0) is 10.1. The van der Waals surface area contributed by atoms with E-state index in [2.05, 4.69) is 55.2 Å². The van der Waals surface area contributed by atoms with Crippen molar-refractivity contribution in [1.82, 2.24) is 9.88 Å². The number of aryl methyl sites for hydroxylation is 1. The number of hydrogen-bond acceptors (Lipinski definition) is 1. The molecule has 2 aromatic rings. The highest BCUT2D eigenvalue weighted by Crippen LogP contribution is 2.20. The Morgan fingerprint density at radius 2 is 2.07 bits per heavy atom. The molecule has 1 aromatic carbocycles. The van der Waals surface area contributed by atoms with Crippen LogP contribution in [0.25, 0.3) is 10.9 Å². The van der Waals surface area contributed by atoms with Gasteiger partial charge in [-0.15, -0.1) is 0 Å². The van der Waals surface area contributed by atoms with Crippen LogP contribution in [0.1, 0.15) is 11.3 Å². The molecule has 0 amide bonds. The van der Waals surface area contributed by atoms with Crippen molar-refractivity contribution in [3.63, 3.8) is 0 Å². The standard InChI is InChI=1S/C12H16N2/c1-9-7-11-10(8-14(2)3)5-4-6-12(11)13-9/h4-7,13H,8H2,1-3H3. The van der Waals surface area contributed by atoms with E-state index in [1.807, 2.05) is 0 Å². The molecule has 0 atom stereocenters. The van der Waals surface area contributed by atoms with Crippen LogP contribution in [0, 0.1) is 6.92 Å². The zero-order valence-electron chi connectivity index (χ0n) is 8.96. The Kier molecular flexibility index (Phi) is 2.30. The molecule has 2 rings (SSSR count). The number of aromatic nitrogens is 1. The first-order valence-corrected chi connectivity index (χ1v) is 4.89. The Morgan fingerprint density at radius 1 is 1.29 bits per heavy atom. The Balaban J connectivity index is 2.53. The van der Waals surface area contributed by atoms with Crippen LogP contribution in [-0.4, -0.2) is 24.0 Å². The van der Waals surface area contributed by atoms with Crippen molar-refractivity contribution in [3.8, 4) is 0 Å². The van der Waals surface area contributed by atoms with E-state index in [1.165, 1.54) is 22.2 Å². The minimum atomic E-state index is 0.995. The molecule has 1 N–H and O–H groups in total. The van der Waals surface area contributed by atoms with Crippen LogP contribution in [-0.2, 0) is 6.54 Å². The number of nitrogens with one attached hydrogen (secondary N) is 1. The maximum atomic E-state index is 3.35. The van der Waals surface area contributed by atoms with Crippen molar-refractivity contribution in [2.24, 2.45) is 0 Å². The zero-order valence-corrected chi connectivity index (χ0v) is 8.96. The minimum Gasteiger partial charge on any atom is -0.359 e. The van der Waals surface area contributed by atoms with Gasteiger partial charge in [0.2, 0.25) is 0 Å². The summed E-state index contributed by atoms with van der Waals surface area (Å²) < 4.78 is 0. The lowest BCUT2D eigenvalue weighted by Gasteiger charge is -2.10. The van der Waals surface area contributed by atoms with E-state index < -0.39 is 0 Å². The van der Waals surface area contributed by atoms with Crippen molar-refractivity contribution in [2.75, 3.05) is 14.1 Å². The van der Waals surface area contributed by atoms with Crippen LogP contribution in [0.2, 0.25) is 0 Å². The van der Waals surface area contributed by atoms with E-state index in [4.69, 9.17) is 0 Å². The molecular weight excluding hydrogens is 172 g/mol. The second kappa shape index (κ2) is 3.46. The van der Waals surface area contributed by atoms with E-state index in [0.29, 0.717) is 0 Å². The summed E-state index contributed by atoms with van der Waals surface area (Å²) in [6.45, 7) is 3.09. The van der Waals surface area contributed by atoms with Gasteiger partial charge in [0.1, 0.15) is 0 Å². The average molecular weight is 188 g/mol. The summed E-state index contributed by atoms with van der Waals surface area (Å²) in [5, 5.41) is 1.35. The Bertz CT molecular complexity index is 441. The molecule has 74 valence electrons. The summed E-state index contributed by atoms with van der Waals surface area (Å²) in [7, 11) is 4.19. The normalized spacial score (nSPS) is 11.4.